The lowest BCUT2D eigenvalue weighted by Gasteiger charge is -2.36. The molecule has 9 heteroatoms. The predicted octanol–water partition coefficient (Wildman–Crippen LogP) is 2.19. The smallest absolute Gasteiger partial charge is 0.279 e. The Morgan fingerprint density at radius 3 is 2.16 bits per heavy atom. The summed E-state index contributed by atoms with van der Waals surface area (Å²) in [6, 6.07) is 14.6. The molecule has 200 valence electrons. The van der Waals surface area contributed by atoms with E-state index in [0.717, 1.165) is 47.3 Å². The van der Waals surface area contributed by atoms with Crippen molar-refractivity contribution in [1.82, 2.24) is 15.7 Å². The number of hydroxylamine groups is 1. The summed E-state index contributed by atoms with van der Waals surface area (Å²) in [6.45, 7) is 1.90. The van der Waals surface area contributed by atoms with Crippen LogP contribution in [0.15, 0.2) is 48.5 Å². The molecule has 38 heavy (non-hydrogen) atoms. The Bertz CT molecular complexity index is 1240. The van der Waals surface area contributed by atoms with E-state index < -0.39 is 29.6 Å². The molecule has 1 heterocycles. The molecule has 0 radical (unpaired) electrons. The van der Waals surface area contributed by atoms with Gasteiger partial charge in [0.1, 0.15) is 0 Å². The summed E-state index contributed by atoms with van der Waals surface area (Å²) in [7, 11) is 2.80. The van der Waals surface area contributed by atoms with Crippen molar-refractivity contribution in [3.05, 3.63) is 70.8 Å². The fourth-order valence-electron chi connectivity index (χ4n) is 4.22. The van der Waals surface area contributed by atoms with Gasteiger partial charge in [-0.1, -0.05) is 24.0 Å². The van der Waals surface area contributed by atoms with E-state index in [4.69, 9.17) is 15.3 Å². The van der Waals surface area contributed by atoms with Crippen molar-refractivity contribution in [3.8, 4) is 11.8 Å². The predicted molar refractivity (Wildman–Crippen MR) is 141 cm³/mol. The number of amides is 3. The number of hydrogen-bond acceptors (Lipinski definition) is 6. The number of rotatable bonds is 7. The molecule has 4 rings (SSSR count). The maximum absolute atomic E-state index is 13.3. The Hall–Kier alpha value is -3.71. The standard InChI is InChI=1S/C29H34N4O5/c1-28(26(35)31-2,27(36)32-38-24-6-4-5-19-37-24)33(3)25(34)22-13-9-20(10-14-22)7-8-21-11-15-23(16-12-21)29(30)17-18-29/h9-16,24H,4-6,17-19,30H2,1-3H3,(H,31,35)(H,32,36)/t24?,28-/m0/s1. The average molecular weight is 519 g/mol. The number of carbonyl (C=O) groups excluding carboxylic acids is 3. The zero-order chi connectivity index (χ0) is 27.3. The minimum atomic E-state index is -1.87. The molecule has 2 aromatic carbocycles. The molecule has 1 saturated heterocycles. The van der Waals surface area contributed by atoms with Crippen molar-refractivity contribution in [1.29, 1.82) is 0 Å². The van der Waals surface area contributed by atoms with Crippen molar-refractivity contribution in [3.63, 3.8) is 0 Å². The van der Waals surface area contributed by atoms with Crippen molar-refractivity contribution in [2.45, 2.75) is 56.4 Å². The summed E-state index contributed by atoms with van der Waals surface area (Å²) in [5.74, 6) is 4.26. The van der Waals surface area contributed by atoms with Crippen LogP contribution in [-0.2, 0) is 24.7 Å². The van der Waals surface area contributed by atoms with Crippen LogP contribution in [0.25, 0.3) is 0 Å². The van der Waals surface area contributed by atoms with E-state index in [-0.39, 0.29) is 5.54 Å². The van der Waals surface area contributed by atoms with Gasteiger partial charge in [0.25, 0.3) is 17.7 Å². The normalized spacial score (nSPS) is 19.2. The molecule has 2 atom stereocenters. The van der Waals surface area contributed by atoms with E-state index in [9.17, 15) is 14.4 Å². The molecule has 2 aromatic rings. The number of benzene rings is 2. The highest BCUT2D eigenvalue weighted by atomic mass is 16.8. The van der Waals surface area contributed by atoms with Gasteiger partial charge < -0.3 is 20.7 Å². The molecular weight excluding hydrogens is 484 g/mol. The summed E-state index contributed by atoms with van der Waals surface area (Å²) in [5.41, 5.74) is 9.52. The maximum atomic E-state index is 13.3. The Kier molecular flexibility index (Phi) is 8.17. The Morgan fingerprint density at radius 2 is 1.63 bits per heavy atom. The lowest BCUT2D eigenvalue weighted by molar-refractivity contribution is -0.204. The molecule has 1 aliphatic heterocycles. The van der Waals surface area contributed by atoms with E-state index >= 15 is 0 Å². The summed E-state index contributed by atoms with van der Waals surface area (Å²) in [4.78, 5) is 45.6. The van der Waals surface area contributed by atoms with Crippen LogP contribution in [0, 0.1) is 11.8 Å². The molecule has 9 nitrogen and oxygen atoms in total. The first-order valence-corrected chi connectivity index (χ1v) is 12.8. The van der Waals surface area contributed by atoms with Gasteiger partial charge in [0.15, 0.2) is 11.8 Å². The topological polar surface area (TPSA) is 123 Å². The van der Waals surface area contributed by atoms with E-state index in [1.807, 2.05) is 24.3 Å². The van der Waals surface area contributed by atoms with Crippen LogP contribution in [0.2, 0.25) is 0 Å². The van der Waals surface area contributed by atoms with Gasteiger partial charge in [-0.3, -0.25) is 14.4 Å². The number of ether oxygens (including phenoxy) is 1. The molecule has 1 aliphatic carbocycles. The van der Waals surface area contributed by atoms with Crippen molar-refractivity contribution < 1.29 is 24.0 Å². The van der Waals surface area contributed by atoms with Gasteiger partial charge in [-0.2, -0.15) is 0 Å². The van der Waals surface area contributed by atoms with Gasteiger partial charge in [-0.05, 0) is 74.6 Å². The van der Waals surface area contributed by atoms with Crippen LogP contribution in [-0.4, -0.2) is 55.2 Å². The quantitative estimate of drug-likeness (QED) is 0.293. The number of likely N-dealkylation sites (N-methyl/N-ethyl adjacent to an activating group) is 2. The Morgan fingerprint density at radius 1 is 1.03 bits per heavy atom. The second-order valence-corrected chi connectivity index (χ2v) is 9.92. The molecule has 1 saturated carbocycles. The SMILES string of the molecule is CNC(=O)[C@@](C)(C(=O)NOC1CCCCO1)N(C)C(=O)c1ccc(C#Cc2ccc(C3(N)CC3)cc2)cc1. The first kappa shape index (κ1) is 27.3. The first-order valence-electron chi connectivity index (χ1n) is 12.8. The molecule has 2 aliphatic rings. The van der Waals surface area contributed by atoms with Crippen molar-refractivity contribution in [2.75, 3.05) is 20.7 Å². The van der Waals surface area contributed by atoms with Crippen LogP contribution in [0.3, 0.4) is 0 Å². The van der Waals surface area contributed by atoms with E-state index in [1.165, 1.54) is 21.0 Å². The number of carbonyl (C=O) groups is 3. The summed E-state index contributed by atoms with van der Waals surface area (Å²) in [6.07, 6.45) is 3.88. The van der Waals surface area contributed by atoms with Crippen molar-refractivity contribution >= 4 is 17.7 Å². The Labute approximate surface area is 223 Å². The van der Waals surface area contributed by atoms with Crippen LogP contribution < -0.4 is 16.5 Å². The van der Waals surface area contributed by atoms with Gasteiger partial charge in [-0.25, -0.2) is 10.3 Å². The van der Waals surface area contributed by atoms with Crippen LogP contribution in [0.1, 0.15) is 66.1 Å². The molecule has 2 fully saturated rings. The van der Waals surface area contributed by atoms with Gasteiger partial charge in [0.2, 0.25) is 0 Å². The summed E-state index contributed by atoms with van der Waals surface area (Å²) >= 11 is 0. The van der Waals surface area contributed by atoms with Gasteiger partial charge in [-0.15, -0.1) is 0 Å². The second kappa shape index (κ2) is 11.4. The molecule has 3 amide bonds. The molecule has 4 N–H and O–H groups in total. The number of nitrogens with zero attached hydrogens (tertiary/aromatic N) is 1. The highest BCUT2D eigenvalue weighted by molar-refractivity contribution is 6.12. The minimum absolute atomic E-state index is 0.174. The van der Waals surface area contributed by atoms with E-state index in [0.29, 0.717) is 18.6 Å². The summed E-state index contributed by atoms with van der Waals surface area (Å²) in [5, 5.41) is 2.46. The lowest BCUT2D eigenvalue weighted by atomic mass is 9.96. The molecule has 0 aromatic heterocycles. The van der Waals surface area contributed by atoms with Gasteiger partial charge >= 0.3 is 0 Å². The third kappa shape index (κ3) is 5.89. The van der Waals surface area contributed by atoms with Crippen molar-refractivity contribution in [2.24, 2.45) is 5.73 Å². The third-order valence-corrected chi connectivity index (χ3v) is 7.24. The van der Waals surface area contributed by atoms with Crippen LogP contribution >= 0.6 is 0 Å². The van der Waals surface area contributed by atoms with E-state index in [1.54, 1.807) is 24.3 Å². The molecule has 0 bridgehead atoms. The largest absolute Gasteiger partial charge is 0.357 e. The molecular formula is C29H34N4O5. The minimum Gasteiger partial charge on any atom is -0.357 e. The first-order chi connectivity index (χ1) is 18.2. The van der Waals surface area contributed by atoms with Crippen LogP contribution in [0.5, 0.6) is 0 Å². The fraction of sp³-hybridized carbons (Fsp3) is 0.414. The number of nitrogens with one attached hydrogen (secondary N) is 2. The zero-order valence-corrected chi connectivity index (χ0v) is 22.0. The second-order valence-electron chi connectivity index (χ2n) is 9.92. The highest BCUT2D eigenvalue weighted by Crippen LogP contribution is 2.42. The Balaban J connectivity index is 1.43. The van der Waals surface area contributed by atoms with E-state index in [2.05, 4.69) is 22.6 Å². The fourth-order valence-corrected chi connectivity index (χ4v) is 4.22. The summed E-state index contributed by atoms with van der Waals surface area (Å²) < 4.78 is 5.45. The number of nitrogens with two attached hydrogens (primary N) is 1. The maximum Gasteiger partial charge on any atom is 0.279 e. The van der Waals surface area contributed by atoms with Gasteiger partial charge in [0.05, 0.1) is 0 Å². The monoisotopic (exact) mass is 518 g/mol. The average Bonchev–Trinajstić information content (AvgIpc) is 3.72. The molecule has 0 spiro atoms. The van der Waals surface area contributed by atoms with Gasteiger partial charge in [0, 0.05) is 49.4 Å². The zero-order valence-electron chi connectivity index (χ0n) is 22.0. The molecule has 1 unspecified atom stereocenters. The number of hydrogen-bond donors (Lipinski definition) is 3. The van der Waals surface area contributed by atoms with Crippen LogP contribution in [0.4, 0.5) is 0 Å². The lowest BCUT2D eigenvalue weighted by Crippen LogP contribution is -2.65. The third-order valence-electron chi connectivity index (χ3n) is 7.24. The highest BCUT2D eigenvalue weighted by Gasteiger charge is 2.47.